The summed E-state index contributed by atoms with van der Waals surface area (Å²) in [6.07, 6.45) is -11.4. The van der Waals surface area contributed by atoms with Crippen LogP contribution in [0, 0.1) is 26.7 Å². The summed E-state index contributed by atoms with van der Waals surface area (Å²) in [5, 5.41) is 0. The van der Waals surface area contributed by atoms with Crippen molar-refractivity contribution in [1.29, 1.82) is 0 Å². The van der Waals surface area contributed by atoms with Crippen LogP contribution in [0.3, 0.4) is 0 Å². The molecule has 0 spiro atoms. The molecule has 0 bridgehead atoms. The second-order valence-electron chi connectivity index (χ2n) is 23.4. The van der Waals surface area contributed by atoms with E-state index < -0.39 is 191 Å². The Labute approximate surface area is 542 Å². The number of aromatic amines is 4. The third kappa shape index (κ3) is 19.4. The lowest BCUT2D eigenvalue weighted by molar-refractivity contribution is -0.228. The van der Waals surface area contributed by atoms with Gasteiger partial charge in [-0.15, -0.1) is 0 Å². The first-order chi connectivity index (χ1) is 45.1. The summed E-state index contributed by atoms with van der Waals surface area (Å²) in [6.45, 7) is 6.85. The molecule has 534 valence electrons. The number of ether oxygens (including phenoxy) is 4. The number of rotatable bonds is 33. The van der Waals surface area contributed by atoms with E-state index >= 15 is 0 Å². The Bertz CT molecular complexity index is 4280. The van der Waals surface area contributed by atoms with Crippen molar-refractivity contribution in [2.45, 2.75) is 167 Å². The van der Waals surface area contributed by atoms with Gasteiger partial charge < -0.3 is 61.6 Å². The first kappa shape index (κ1) is 75.0. The third-order valence-corrected chi connectivity index (χ3v) is 20.8. The summed E-state index contributed by atoms with van der Waals surface area (Å²) in [7, 11) is -25.2. The highest BCUT2D eigenvalue weighted by atomic mass is 31.2. The Hall–Kier alpha value is -5.18. The van der Waals surface area contributed by atoms with E-state index in [1.807, 2.05) is 13.8 Å². The second-order valence-corrected chi connectivity index (χ2v) is 31.0. The van der Waals surface area contributed by atoms with Gasteiger partial charge in [-0.3, -0.25) is 88.7 Å². The molecule has 0 amide bonds. The number of fused-ring (bicyclic) bond motifs is 1. The summed E-state index contributed by atoms with van der Waals surface area (Å²) in [6, 6.07) is 0. The average molecular weight is 1460 g/mol. The van der Waals surface area contributed by atoms with Crippen LogP contribution in [0.4, 0.5) is 0 Å². The summed E-state index contributed by atoms with van der Waals surface area (Å²) >= 11 is 0. The van der Waals surface area contributed by atoms with Gasteiger partial charge in [0.1, 0.15) is 67.6 Å². The molecule has 0 saturated carbocycles. The van der Waals surface area contributed by atoms with Gasteiger partial charge in [0, 0.05) is 67.6 Å². The number of phosphoric ester groups is 4. The Balaban J connectivity index is 0.919. The van der Waals surface area contributed by atoms with Crippen molar-refractivity contribution in [3.8, 4) is 0 Å². The van der Waals surface area contributed by atoms with Gasteiger partial charge in [0.2, 0.25) is 0 Å². The minimum Gasteiger partial charge on any atom is -0.756 e. The smallest absolute Gasteiger partial charge is 0.472 e. The maximum absolute atomic E-state index is 14.7. The van der Waals surface area contributed by atoms with E-state index in [1.165, 1.54) is 31.7 Å². The number of unbranched alkanes of at least 4 members (excludes halogenated alkanes) is 1. The molecule has 4 aliphatic rings. The fourth-order valence-corrected chi connectivity index (χ4v) is 15.5. The fraction of sp³-hybridized carbons (Fsp3) is 0.667. The zero-order chi connectivity index (χ0) is 69.8. The zero-order valence-electron chi connectivity index (χ0n) is 52.6. The first-order valence-electron chi connectivity index (χ1n) is 30.0. The van der Waals surface area contributed by atoms with E-state index in [1.54, 1.807) is 6.92 Å². The molecule has 45 heteroatoms. The lowest BCUT2D eigenvalue weighted by Gasteiger charge is -2.27. The van der Waals surface area contributed by atoms with Crippen LogP contribution >= 0.6 is 38.9 Å². The van der Waals surface area contributed by atoms with E-state index in [0.717, 1.165) is 45.3 Å². The van der Waals surface area contributed by atoms with Crippen molar-refractivity contribution >= 4 is 50.1 Å². The molecule has 5 aromatic heterocycles. The van der Waals surface area contributed by atoms with Gasteiger partial charge >= 0.3 is 48.1 Å². The second kappa shape index (κ2) is 31.2. The van der Waals surface area contributed by atoms with E-state index in [4.69, 9.17) is 64.2 Å². The highest BCUT2D eigenvalue weighted by Crippen LogP contribution is 2.55. The molecule has 0 aliphatic carbocycles. The SMILES string of the molecule is CCCCOP(=O)(O)O[C@@H]1C[C@H](n2cc(C)c(=O)[nH]c2=O)O[C@@H]1COP(=O)(O)O[C@@H]1C[C@H](n2cc(C)c(=O)[nH]c2=O)O[C@@H]1COP(C)(=O)O[C@@H]1C[C@H](n2cnc3c(=O)[nH]cnc32)O[C@@H]1COP(=O)(O)O[C@@H]1C[C@H](n2cc(C)c(=O)[nH]c2=O)O[C@@H]1COP(=O)([O-])OCCCC(C)C. The van der Waals surface area contributed by atoms with Crippen molar-refractivity contribution in [2.75, 3.05) is 46.3 Å². The first-order valence-corrected chi connectivity index (χ1v) is 38.0. The number of H-pyrrole nitrogens is 4. The zero-order valence-corrected chi connectivity index (χ0v) is 57.0. The maximum Gasteiger partial charge on any atom is 0.472 e. The molecule has 5 unspecified atom stereocenters. The molecule has 4 saturated heterocycles. The van der Waals surface area contributed by atoms with Crippen molar-refractivity contribution in [1.82, 2.24) is 48.2 Å². The van der Waals surface area contributed by atoms with Crippen LogP contribution in [0.2, 0.25) is 0 Å². The molecule has 9 rings (SSSR count). The summed E-state index contributed by atoms with van der Waals surface area (Å²) in [5.41, 5.74) is -5.61. The molecule has 96 heavy (non-hydrogen) atoms. The predicted octanol–water partition coefficient (Wildman–Crippen LogP) is 2.31. The number of nitrogens with zero attached hydrogens (tertiary/aromatic N) is 6. The average Bonchev–Trinajstić information content (AvgIpc) is 1.64. The highest BCUT2D eigenvalue weighted by Gasteiger charge is 2.49. The predicted molar refractivity (Wildman–Crippen MR) is 325 cm³/mol. The number of aryl methyl sites for hydroxylation is 3. The molecular formula is C51H74N10O30P5-. The van der Waals surface area contributed by atoms with Crippen LogP contribution in [0.25, 0.3) is 11.2 Å². The van der Waals surface area contributed by atoms with Crippen molar-refractivity contribution < 1.29 is 107 Å². The van der Waals surface area contributed by atoms with Crippen LogP contribution in [0.1, 0.15) is 114 Å². The van der Waals surface area contributed by atoms with Crippen LogP contribution in [-0.4, -0.2) is 158 Å². The molecule has 0 aromatic carbocycles. The van der Waals surface area contributed by atoms with E-state index in [-0.39, 0.29) is 59.8 Å². The van der Waals surface area contributed by atoms with Crippen molar-refractivity contribution in [3.63, 3.8) is 0 Å². The molecule has 7 N–H and O–H groups in total. The Morgan fingerprint density at radius 2 is 0.927 bits per heavy atom. The van der Waals surface area contributed by atoms with Gasteiger partial charge in [-0.1, -0.05) is 27.2 Å². The Kier molecular flexibility index (Phi) is 24.3. The van der Waals surface area contributed by atoms with Crippen molar-refractivity contribution in [2.24, 2.45) is 5.92 Å². The van der Waals surface area contributed by atoms with E-state index in [9.17, 15) is 76.0 Å². The Morgan fingerprint density at radius 3 is 1.35 bits per heavy atom. The van der Waals surface area contributed by atoms with Gasteiger partial charge in [0.25, 0.3) is 30.1 Å². The largest absolute Gasteiger partial charge is 0.756 e. The molecule has 4 fully saturated rings. The highest BCUT2D eigenvalue weighted by molar-refractivity contribution is 7.53. The van der Waals surface area contributed by atoms with Gasteiger partial charge in [-0.05, 0) is 46.0 Å². The number of hydrogen-bond acceptors (Lipinski definition) is 29. The normalized spacial score (nSPS) is 27.8. The third-order valence-electron chi connectivity index (χ3n) is 15.5. The summed E-state index contributed by atoms with van der Waals surface area (Å²) in [4.78, 5) is 152. The topological polar surface area (TPSA) is 526 Å². The van der Waals surface area contributed by atoms with Crippen LogP contribution in [0.5, 0.6) is 0 Å². The van der Waals surface area contributed by atoms with E-state index in [0.29, 0.717) is 25.7 Å². The molecule has 0 radical (unpaired) electrons. The standard InChI is InChI=1S/C51H75N10O30P5/c1-8-9-12-79-94(72,73)89-33-16-40(59-19-29(5)46(63)56-50(59)67)86-38(33)24-83-96(76,77)90-32-15-39(58-18-28(4)45(62)55-49(58)66)84-35(32)21-80-92(7,69)88-31-14-42(61-26-54-43-44(61)52-25-53-48(43)65)87-36(31)23-82-95(74,75)91-34-17-41(60-20-30(6)47(64)57-51(60)68)85-37(34)22-81-93(70,71)78-13-10-11-27(2)3/h18-20,25-27,31-42H,8-17,21-24H2,1-7H3,(H,70,71)(H,72,73)(H,74,75)(H,76,77)(H,52,53,65)(H,55,62,66)(H,56,63,67)(H,57,64,68)/p-1/t31-,32-,33-,34-,35-,36-,37-,38-,39-,40-,41-,42-,92?/m1/s1. The minimum atomic E-state index is -5.40. The summed E-state index contributed by atoms with van der Waals surface area (Å²) in [5.74, 6) is 0.240. The molecule has 40 nitrogen and oxygen atoms in total. The molecule has 5 aromatic rings. The Morgan fingerprint density at radius 1 is 0.542 bits per heavy atom. The maximum atomic E-state index is 14.7. The molecule has 9 heterocycles. The van der Waals surface area contributed by atoms with Crippen LogP contribution in [0.15, 0.2) is 64.8 Å². The molecule has 4 aliphatic heterocycles. The monoisotopic (exact) mass is 1460 g/mol. The van der Waals surface area contributed by atoms with Gasteiger partial charge in [0.15, 0.2) is 11.2 Å². The van der Waals surface area contributed by atoms with E-state index in [2.05, 4.69) is 29.9 Å². The quantitative estimate of drug-likeness (QED) is 0.0234. The number of imidazole rings is 1. The minimum absolute atomic E-state index is 0.00395. The molecular weight excluding hydrogens is 1390 g/mol. The lowest BCUT2D eigenvalue weighted by Crippen LogP contribution is -2.33. The van der Waals surface area contributed by atoms with Gasteiger partial charge in [-0.25, -0.2) is 38.0 Å². The number of nitrogens with one attached hydrogen (secondary N) is 4. The number of hydrogen-bond donors (Lipinski definition) is 7. The number of aromatic nitrogens is 10. The van der Waals surface area contributed by atoms with Crippen LogP contribution in [-0.2, 0) is 87.0 Å². The van der Waals surface area contributed by atoms with Gasteiger partial charge in [-0.2, -0.15) is 0 Å². The van der Waals surface area contributed by atoms with Gasteiger partial charge in [0.05, 0.1) is 58.4 Å². The summed E-state index contributed by atoms with van der Waals surface area (Å²) < 4.78 is 152. The fourth-order valence-electron chi connectivity index (χ4n) is 10.6. The van der Waals surface area contributed by atoms with Crippen molar-refractivity contribution in [3.05, 3.63) is 121 Å². The van der Waals surface area contributed by atoms with Crippen LogP contribution < -0.4 is 44.2 Å². The molecule has 17 atom stereocenters. The lowest BCUT2D eigenvalue weighted by atomic mass is 10.1. The number of phosphoric acid groups is 4.